The quantitative estimate of drug-likeness (QED) is 0.799. The summed E-state index contributed by atoms with van der Waals surface area (Å²) in [4.78, 5) is 4.09. The Labute approximate surface area is 84.7 Å². The Balaban J connectivity index is 2.59. The molecule has 0 spiro atoms. The summed E-state index contributed by atoms with van der Waals surface area (Å²) >= 11 is 0. The van der Waals surface area contributed by atoms with Crippen molar-refractivity contribution >= 4 is 0 Å². The van der Waals surface area contributed by atoms with E-state index in [0.29, 0.717) is 11.8 Å². The first-order valence-corrected chi connectivity index (χ1v) is 4.86. The summed E-state index contributed by atoms with van der Waals surface area (Å²) in [6.07, 6.45) is 1.78. The number of aliphatic hydroxyl groups is 1. The number of ether oxygens (including phenoxy) is 1. The fourth-order valence-electron chi connectivity index (χ4n) is 0.901. The predicted octanol–water partition coefficient (Wildman–Crippen LogP) is 2.00. The van der Waals surface area contributed by atoms with Gasteiger partial charge < -0.3 is 9.84 Å². The molecule has 0 amide bonds. The van der Waals surface area contributed by atoms with Gasteiger partial charge in [-0.25, -0.2) is 4.98 Å². The fourth-order valence-corrected chi connectivity index (χ4v) is 0.901. The molecule has 3 nitrogen and oxygen atoms in total. The van der Waals surface area contributed by atoms with E-state index in [4.69, 9.17) is 9.84 Å². The van der Waals surface area contributed by atoms with E-state index in [1.54, 1.807) is 12.3 Å². The molecule has 0 fully saturated rings. The molecule has 1 heterocycles. The molecule has 0 bridgehead atoms. The average Bonchev–Trinajstić information content (AvgIpc) is 2.19. The highest BCUT2D eigenvalue weighted by Gasteiger charge is 2.08. The Morgan fingerprint density at radius 2 is 2.07 bits per heavy atom. The van der Waals surface area contributed by atoms with Gasteiger partial charge in [0.05, 0.1) is 12.7 Å². The van der Waals surface area contributed by atoms with E-state index in [1.807, 2.05) is 13.0 Å². The smallest absolute Gasteiger partial charge is 0.213 e. The van der Waals surface area contributed by atoms with Gasteiger partial charge in [0, 0.05) is 12.3 Å². The van der Waals surface area contributed by atoms with E-state index >= 15 is 0 Å². The highest BCUT2D eigenvalue weighted by atomic mass is 16.5. The molecule has 78 valence electrons. The lowest BCUT2D eigenvalue weighted by Crippen LogP contribution is -2.19. The first-order valence-electron chi connectivity index (χ1n) is 4.86. The summed E-state index contributed by atoms with van der Waals surface area (Å²) in [6.45, 7) is 6.25. The lowest BCUT2D eigenvalue weighted by atomic mass is 10.1. The first-order chi connectivity index (χ1) is 6.63. The summed E-state index contributed by atoms with van der Waals surface area (Å²) in [5.41, 5.74) is 0.801. The van der Waals surface area contributed by atoms with Crippen molar-refractivity contribution in [2.24, 2.45) is 5.92 Å². The summed E-state index contributed by atoms with van der Waals surface area (Å²) in [7, 11) is 0. The molecule has 1 aromatic rings. The number of aliphatic hydroxyl groups excluding tert-OH is 1. The van der Waals surface area contributed by atoms with Crippen LogP contribution in [0.15, 0.2) is 18.3 Å². The van der Waals surface area contributed by atoms with Gasteiger partial charge in [0.15, 0.2) is 0 Å². The zero-order valence-electron chi connectivity index (χ0n) is 8.90. The van der Waals surface area contributed by atoms with Gasteiger partial charge in [0.25, 0.3) is 0 Å². The van der Waals surface area contributed by atoms with Crippen molar-refractivity contribution in [2.75, 3.05) is 0 Å². The van der Waals surface area contributed by atoms with Crippen molar-refractivity contribution in [3.05, 3.63) is 23.9 Å². The van der Waals surface area contributed by atoms with Crippen LogP contribution in [0.5, 0.6) is 5.88 Å². The van der Waals surface area contributed by atoms with Crippen LogP contribution in [0, 0.1) is 5.92 Å². The SMILES string of the molecule is CC(C)C(C)Oc1ccc(CO)cn1. The summed E-state index contributed by atoms with van der Waals surface area (Å²) in [5, 5.41) is 8.82. The fraction of sp³-hybridized carbons (Fsp3) is 0.545. The van der Waals surface area contributed by atoms with Gasteiger partial charge >= 0.3 is 0 Å². The molecule has 0 saturated heterocycles. The monoisotopic (exact) mass is 195 g/mol. The summed E-state index contributed by atoms with van der Waals surface area (Å²) in [6, 6.07) is 3.60. The number of hydrogen-bond donors (Lipinski definition) is 1. The van der Waals surface area contributed by atoms with E-state index in [1.165, 1.54) is 0 Å². The molecule has 0 aromatic carbocycles. The van der Waals surface area contributed by atoms with E-state index in [-0.39, 0.29) is 12.7 Å². The number of pyridine rings is 1. The number of rotatable bonds is 4. The Hall–Kier alpha value is -1.09. The molecule has 0 radical (unpaired) electrons. The topological polar surface area (TPSA) is 42.4 Å². The zero-order chi connectivity index (χ0) is 10.6. The van der Waals surface area contributed by atoms with E-state index < -0.39 is 0 Å². The Bertz CT molecular complexity index is 269. The lowest BCUT2D eigenvalue weighted by Gasteiger charge is -2.17. The van der Waals surface area contributed by atoms with E-state index in [0.717, 1.165) is 5.56 Å². The van der Waals surface area contributed by atoms with Crippen LogP contribution in [0.25, 0.3) is 0 Å². The Morgan fingerprint density at radius 1 is 1.36 bits per heavy atom. The molecule has 1 aromatic heterocycles. The predicted molar refractivity (Wildman–Crippen MR) is 55.1 cm³/mol. The van der Waals surface area contributed by atoms with Crippen molar-refractivity contribution in [3.8, 4) is 5.88 Å². The molecule has 0 saturated carbocycles. The minimum Gasteiger partial charge on any atom is -0.474 e. The third-order valence-corrected chi connectivity index (χ3v) is 2.23. The van der Waals surface area contributed by atoms with Gasteiger partial charge in [0.2, 0.25) is 5.88 Å². The van der Waals surface area contributed by atoms with Gasteiger partial charge in [-0.3, -0.25) is 0 Å². The largest absolute Gasteiger partial charge is 0.474 e. The van der Waals surface area contributed by atoms with Crippen molar-refractivity contribution in [1.29, 1.82) is 0 Å². The van der Waals surface area contributed by atoms with Gasteiger partial charge in [-0.2, -0.15) is 0 Å². The van der Waals surface area contributed by atoms with Crippen LogP contribution in [-0.2, 0) is 6.61 Å². The molecule has 0 aliphatic rings. The number of nitrogens with zero attached hydrogens (tertiary/aromatic N) is 1. The highest BCUT2D eigenvalue weighted by molar-refractivity contribution is 5.17. The minimum atomic E-state index is 0.0208. The summed E-state index contributed by atoms with van der Waals surface area (Å²) < 4.78 is 5.58. The lowest BCUT2D eigenvalue weighted by molar-refractivity contribution is 0.163. The van der Waals surface area contributed by atoms with Crippen LogP contribution in [0.1, 0.15) is 26.3 Å². The molecule has 1 unspecified atom stereocenters. The zero-order valence-corrected chi connectivity index (χ0v) is 8.90. The molecule has 3 heteroatoms. The van der Waals surface area contributed by atoms with Gasteiger partial charge in [-0.05, 0) is 24.5 Å². The van der Waals surface area contributed by atoms with Gasteiger partial charge in [0.1, 0.15) is 0 Å². The third-order valence-electron chi connectivity index (χ3n) is 2.23. The van der Waals surface area contributed by atoms with Crippen LogP contribution in [0.3, 0.4) is 0 Å². The molecule has 0 aliphatic carbocycles. The molecular weight excluding hydrogens is 178 g/mol. The van der Waals surface area contributed by atoms with Crippen molar-refractivity contribution in [2.45, 2.75) is 33.5 Å². The van der Waals surface area contributed by atoms with Gasteiger partial charge in [-0.1, -0.05) is 13.8 Å². The number of hydrogen-bond acceptors (Lipinski definition) is 3. The van der Waals surface area contributed by atoms with Crippen LogP contribution >= 0.6 is 0 Å². The molecule has 1 atom stereocenters. The number of aromatic nitrogens is 1. The maximum Gasteiger partial charge on any atom is 0.213 e. The Morgan fingerprint density at radius 3 is 2.50 bits per heavy atom. The van der Waals surface area contributed by atoms with Gasteiger partial charge in [-0.15, -0.1) is 0 Å². The van der Waals surface area contributed by atoms with Crippen molar-refractivity contribution in [1.82, 2.24) is 4.98 Å². The maximum atomic E-state index is 8.82. The van der Waals surface area contributed by atoms with Crippen LogP contribution in [0.4, 0.5) is 0 Å². The normalized spacial score (nSPS) is 12.9. The molecule has 1 rings (SSSR count). The standard InChI is InChI=1S/C11H17NO2/c1-8(2)9(3)14-11-5-4-10(7-13)6-12-11/h4-6,8-9,13H,7H2,1-3H3. The first kappa shape index (κ1) is 11.0. The van der Waals surface area contributed by atoms with Crippen LogP contribution in [0.2, 0.25) is 0 Å². The summed E-state index contributed by atoms with van der Waals surface area (Å²) in [5.74, 6) is 1.08. The second kappa shape index (κ2) is 4.96. The minimum absolute atomic E-state index is 0.0208. The average molecular weight is 195 g/mol. The van der Waals surface area contributed by atoms with Crippen molar-refractivity contribution < 1.29 is 9.84 Å². The third kappa shape index (κ3) is 3.00. The molecule has 1 N–H and O–H groups in total. The second-order valence-electron chi connectivity index (χ2n) is 3.73. The maximum absolute atomic E-state index is 8.82. The van der Waals surface area contributed by atoms with Crippen LogP contribution in [-0.4, -0.2) is 16.2 Å². The molecule has 0 aliphatic heterocycles. The van der Waals surface area contributed by atoms with E-state index in [2.05, 4.69) is 18.8 Å². The van der Waals surface area contributed by atoms with E-state index in [9.17, 15) is 0 Å². The molecule has 14 heavy (non-hydrogen) atoms. The van der Waals surface area contributed by atoms with Crippen molar-refractivity contribution in [3.63, 3.8) is 0 Å². The Kier molecular flexibility index (Phi) is 3.89. The second-order valence-corrected chi connectivity index (χ2v) is 3.73. The van der Waals surface area contributed by atoms with Crippen LogP contribution < -0.4 is 4.74 Å². The molecular formula is C11H17NO2. The highest BCUT2D eigenvalue weighted by Crippen LogP contribution is 2.13.